The number of alkyl carbamates (subject to hydrolysis) is 1. The lowest BCUT2D eigenvalue weighted by Crippen LogP contribution is -2.47. The highest BCUT2D eigenvalue weighted by Crippen LogP contribution is 2.44. The van der Waals surface area contributed by atoms with Gasteiger partial charge >= 0.3 is 12.3 Å². The molecule has 0 unspecified atom stereocenters. The molecule has 2 saturated heterocycles. The van der Waals surface area contributed by atoms with Gasteiger partial charge in [-0.1, -0.05) is 24.3 Å². The maximum Gasteiger partial charge on any atom is 0.419 e. The molecule has 2 fully saturated rings. The Morgan fingerprint density at radius 2 is 1.71 bits per heavy atom. The van der Waals surface area contributed by atoms with Crippen LogP contribution in [-0.4, -0.2) is 46.1 Å². The van der Waals surface area contributed by atoms with Crippen molar-refractivity contribution in [3.05, 3.63) is 54.6 Å². The van der Waals surface area contributed by atoms with E-state index >= 15 is 0 Å². The fourth-order valence-electron chi connectivity index (χ4n) is 4.74. The summed E-state index contributed by atoms with van der Waals surface area (Å²) in [6.45, 7) is 5.13. The first-order valence-electron chi connectivity index (χ1n) is 11.6. The average Bonchev–Trinajstić information content (AvgIpc) is 3.46. The quantitative estimate of drug-likeness (QED) is 0.544. The van der Waals surface area contributed by atoms with Crippen molar-refractivity contribution in [1.29, 1.82) is 0 Å². The zero-order valence-electron chi connectivity index (χ0n) is 19.5. The third-order valence-electron chi connectivity index (χ3n) is 6.74. The van der Waals surface area contributed by atoms with Crippen LogP contribution < -0.4 is 10.2 Å². The summed E-state index contributed by atoms with van der Waals surface area (Å²) in [5.41, 5.74) is 1.62. The van der Waals surface area contributed by atoms with Gasteiger partial charge in [-0.15, -0.1) is 0 Å². The number of halogens is 3. The lowest BCUT2D eigenvalue weighted by atomic mass is 9.90. The summed E-state index contributed by atoms with van der Waals surface area (Å²) in [4.78, 5) is 17.2. The molecular formula is C25H26F3N5O2. The molecule has 4 heterocycles. The Hall–Kier alpha value is -3.56. The maximum absolute atomic E-state index is 14.0. The predicted octanol–water partition coefficient (Wildman–Crippen LogP) is 5.29. The Kier molecular flexibility index (Phi) is 5.69. The van der Waals surface area contributed by atoms with Crippen molar-refractivity contribution in [2.75, 3.05) is 24.5 Å². The topological polar surface area (TPSA) is 72.3 Å². The molecule has 1 aromatic carbocycles. The standard InChI is InChI=1S/C25H26F3N5O2/c1-16(2)33-14-19(11-31-33)17-3-5-18(6-4-17)20-12-29-13-21(25(26,27)28)22(20)32-9-7-24(8-10-32)15-30-23(34)35-24/h3-6,11-14,16H,7-10,15H2,1-2H3,(H,30,34). The van der Waals surface area contributed by atoms with E-state index in [0.29, 0.717) is 43.6 Å². The maximum atomic E-state index is 14.0. The Labute approximate surface area is 200 Å². The number of carbonyl (C=O) groups is 1. The van der Waals surface area contributed by atoms with E-state index in [1.54, 1.807) is 11.1 Å². The molecule has 0 radical (unpaired) electrons. The molecule has 7 nitrogen and oxygen atoms in total. The molecule has 1 spiro atoms. The Morgan fingerprint density at radius 3 is 2.29 bits per heavy atom. The molecule has 184 valence electrons. The van der Waals surface area contributed by atoms with E-state index in [2.05, 4.69) is 15.4 Å². The number of nitrogens with one attached hydrogen (secondary N) is 1. The van der Waals surface area contributed by atoms with E-state index in [9.17, 15) is 18.0 Å². The van der Waals surface area contributed by atoms with Crippen molar-refractivity contribution in [3.63, 3.8) is 0 Å². The van der Waals surface area contributed by atoms with Crippen molar-refractivity contribution in [3.8, 4) is 22.3 Å². The highest BCUT2D eigenvalue weighted by Gasteiger charge is 2.45. The van der Waals surface area contributed by atoms with Crippen LogP contribution in [0.2, 0.25) is 0 Å². The molecule has 3 aromatic rings. The second-order valence-electron chi connectivity index (χ2n) is 9.37. The SMILES string of the molecule is CC(C)n1cc(-c2ccc(-c3cncc(C(F)(F)F)c3N3CCC4(CC3)CNC(=O)O4)cc2)cn1. The number of alkyl halides is 3. The highest BCUT2D eigenvalue weighted by molar-refractivity contribution is 5.82. The normalized spacial score (nSPS) is 17.7. The zero-order valence-corrected chi connectivity index (χ0v) is 19.5. The minimum atomic E-state index is -4.56. The zero-order chi connectivity index (χ0) is 24.8. The molecule has 1 amide bonds. The first-order chi connectivity index (χ1) is 16.7. The molecule has 35 heavy (non-hydrogen) atoms. The summed E-state index contributed by atoms with van der Waals surface area (Å²) in [5.74, 6) is 0. The predicted molar refractivity (Wildman–Crippen MR) is 125 cm³/mol. The van der Waals surface area contributed by atoms with Crippen LogP contribution in [0.3, 0.4) is 0 Å². The molecule has 10 heteroatoms. The highest BCUT2D eigenvalue weighted by atomic mass is 19.4. The summed E-state index contributed by atoms with van der Waals surface area (Å²) in [6.07, 6.45) is 1.96. The number of pyridine rings is 1. The number of rotatable bonds is 4. The number of ether oxygens (including phenoxy) is 1. The van der Waals surface area contributed by atoms with Crippen LogP contribution in [-0.2, 0) is 10.9 Å². The van der Waals surface area contributed by atoms with Gasteiger partial charge in [-0.05, 0) is 25.0 Å². The van der Waals surface area contributed by atoms with Crippen LogP contribution in [0.15, 0.2) is 49.1 Å². The Morgan fingerprint density at radius 1 is 1.03 bits per heavy atom. The molecule has 0 bridgehead atoms. The fraction of sp³-hybridized carbons (Fsp3) is 0.400. The summed E-state index contributed by atoms with van der Waals surface area (Å²) < 4.78 is 49.4. The number of hydrogen-bond donors (Lipinski definition) is 1. The second kappa shape index (κ2) is 8.58. The van der Waals surface area contributed by atoms with Gasteiger partial charge in [0, 0.05) is 61.7 Å². The molecule has 2 aliphatic rings. The van der Waals surface area contributed by atoms with Crippen LogP contribution >= 0.6 is 0 Å². The number of anilines is 1. The van der Waals surface area contributed by atoms with Crippen LogP contribution in [0.25, 0.3) is 22.3 Å². The minimum absolute atomic E-state index is 0.111. The van der Waals surface area contributed by atoms with E-state index in [-0.39, 0.29) is 11.7 Å². The number of benzene rings is 1. The number of nitrogens with zero attached hydrogens (tertiary/aromatic N) is 4. The van der Waals surface area contributed by atoms with Crippen molar-refractivity contribution in [1.82, 2.24) is 20.1 Å². The fourth-order valence-corrected chi connectivity index (χ4v) is 4.74. The van der Waals surface area contributed by atoms with Gasteiger partial charge in [0.25, 0.3) is 0 Å². The van der Waals surface area contributed by atoms with E-state index in [1.165, 1.54) is 6.20 Å². The van der Waals surface area contributed by atoms with Crippen LogP contribution in [0.1, 0.15) is 38.3 Å². The van der Waals surface area contributed by atoms with Crippen LogP contribution in [0.4, 0.5) is 23.7 Å². The molecular weight excluding hydrogens is 459 g/mol. The van der Waals surface area contributed by atoms with Gasteiger partial charge in [0.1, 0.15) is 5.60 Å². The van der Waals surface area contributed by atoms with E-state index in [0.717, 1.165) is 17.3 Å². The second-order valence-corrected chi connectivity index (χ2v) is 9.37. The minimum Gasteiger partial charge on any atom is -0.441 e. The van der Waals surface area contributed by atoms with Gasteiger partial charge in [-0.3, -0.25) is 9.67 Å². The molecule has 2 aliphatic heterocycles. The number of aromatic nitrogens is 3. The number of hydrogen-bond acceptors (Lipinski definition) is 5. The van der Waals surface area contributed by atoms with Gasteiger partial charge in [0.05, 0.1) is 24.0 Å². The van der Waals surface area contributed by atoms with Gasteiger partial charge < -0.3 is 15.0 Å². The van der Waals surface area contributed by atoms with Crippen molar-refractivity contribution >= 4 is 11.8 Å². The van der Waals surface area contributed by atoms with E-state index < -0.39 is 23.4 Å². The first kappa shape index (κ1) is 23.2. The molecule has 5 rings (SSSR count). The summed E-state index contributed by atoms with van der Waals surface area (Å²) in [5, 5.41) is 7.02. The number of piperidine rings is 1. The van der Waals surface area contributed by atoms with Crippen LogP contribution in [0.5, 0.6) is 0 Å². The van der Waals surface area contributed by atoms with Crippen LogP contribution in [0, 0.1) is 0 Å². The summed E-state index contributed by atoms with van der Waals surface area (Å²) in [6, 6.07) is 7.63. The lowest BCUT2D eigenvalue weighted by molar-refractivity contribution is -0.137. The average molecular weight is 486 g/mol. The van der Waals surface area contributed by atoms with E-state index in [1.807, 2.05) is 49.0 Å². The molecule has 0 aliphatic carbocycles. The van der Waals surface area contributed by atoms with Gasteiger partial charge in [0.2, 0.25) is 0 Å². The number of amides is 1. The molecule has 0 saturated carbocycles. The first-order valence-corrected chi connectivity index (χ1v) is 11.6. The molecule has 2 aromatic heterocycles. The van der Waals surface area contributed by atoms with Crippen molar-refractivity contribution in [2.45, 2.75) is 44.5 Å². The molecule has 0 atom stereocenters. The van der Waals surface area contributed by atoms with E-state index in [4.69, 9.17) is 4.74 Å². The number of carbonyl (C=O) groups excluding carboxylic acids is 1. The van der Waals surface area contributed by atoms with Crippen molar-refractivity contribution in [2.24, 2.45) is 0 Å². The lowest BCUT2D eigenvalue weighted by Gasteiger charge is -2.39. The third-order valence-corrected chi connectivity index (χ3v) is 6.74. The van der Waals surface area contributed by atoms with Gasteiger partial charge in [-0.25, -0.2) is 4.79 Å². The van der Waals surface area contributed by atoms with Crippen molar-refractivity contribution < 1.29 is 22.7 Å². The smallest absolute Gasteiger partial charge is 0.419 e. The van der Waals surface area contributed by atoms with Gasteiger partial charge in [0.15, 0.2) is 0 Å². The third kappa shape index (κ3) is 4.44. The van der Waals surface area contributed by atoms with Gasteiger partial charge in [-0.2, -0.15) is 18.3 Å². The Balaban J connectivity index is 1.48. The molecule has 1 N–H and O–H groups in total. The largest absolute Gasteiger partial charge is 0.441 e. The monoisotopic (exact) mass is 485 g/mol. The Bertz CT molecular complexity index is 1230. The summed E-state index contributed by atoms with van der Waals surface area (Å²) in [7, 11) is 0. The summed E-state index contributed by atoms with van der Waals surface area (Å²) >= 11 is 0.